The van der Waals surface area contributed by atoms with Crippen molar-refractivity contribution < 1.29 is 13.2 Å². The number of carbonyl (C=O) groups is 1. The SMILES string of the molecule is CCC(=O)CCCS(=O)(=O)C(C)C. The standard InChI is InChI=1S/C9H18O3S/c1-4-9(10)6-5-7-13(11,12)8(2)3/h8H,4-7H2,1-3H3. The Kier molecular flexibility index (Phi) is 5.21. The second-order valence-electron chi connectivity index (χ2n) is 3.41. The van der Waals surface area contributed by atoms with Crippen LogP contribution >= 0.6 is 0 Å². The third-order valence-electron chi connectivity index (χ3n) is 2.00. The number of rotatable bonds is 6. The Balaban J connectivity index is 3.84. The van der Waals surface area contributed by atoms with Crippen LogP contribution in [0, 0.1) is 0 Å². The monoisotopic (exact) mass is 206 g/mol. The highest BCUT2D eigenvalue weighted by Crippen LogP contribution is 2.05. The van der Waals surface area contributed by atoms with Gasteiger partial charge in [-0.1, -0.05) is 6.92 Å². The maximum Gasteiger partial charge on any atom is 0.152 e. The molecule has 0 unspecified atom stereocenters. The van der Waals surface area contributed by atoms with E-state index in [-0.39, 0.29) is 16.8 Å². The smallest absolute Gasteiger partial charge is 0.152 e. The van der Waals surface area contributed by atoms with Gasteiger partial charge in [-0.05, 0) is 20.3 Å². The van der Waals surface area contributed by atoms with Crippen molar-refractivity contribution >= 4 is 15.6 Å². The second-order valence-corrected chi connectivity index (χ2v) is 6.09. The van der Waals surface area contributed by atoms with Crippen molar-refractivity contribution in [1.29, 1.82) is 0 Å². The van der Waals surface area contributed by atoms with Gasteiger partial charge in [-0.2, -0.15) is 0 Å². The Labute approximate surface area is 80.4 Å². The minimum atomic E-state index is -2.95. The molecule has 0 aliphatic carbocycles. The van der Waals surface area contributed by atoms with E-state index in [1.165, 1.54) is 0 Å². The van der Waals surface area contributed by atoms with Crippen LogP contribution in [0.25, 0.3) is 0 Å². The molecule has 0 heterocycles. The molecule has 0 saturated heterocycles. The van der Waals surface area contributed by atoms with Crippen LogP contribution in [0.4, 0.5) is 0 Å². The summed E-state index contributed by atoms with van der Waals surface area (Å²) in [7, 11) is -2.95. The molecule has 0 amide bonds. The van der Waals surface area contributed by atoms with E-state index in [0.717, 1.165) is 0 Å². The second kappa shape index (κ2) is 5.37. The van der Waals surface area contributed by atoms with Crippen LogP contribution in [0.3, 0.4) is 0 Å². The van der Waals surface area contributed by atoms with Gasteiger partial charge in [0.2, 0.25) is 0 Å². The van der Waals surface area contributed by atoms with Gasteiger partial charge >= 0.3 is 0 Å². The number of carbonyl (C=O) groups excluding carboxylic acids is 1. The zero-order valence-corrected chi connectivity index (χ0v) is 9.36. The average molecular weight is 206 g/mol. The van der Waals surface area contributed by atoms with Crippen LogP contribution in [0.2, 0.25) is 0 Å². The van der Waals surface area contributed by atoms with E-state index in [1.54, 1.807) is 20.8 Å². The molecule has 0 aromatic carbocycles. The fourth-order valence-corrected chi connectivity index (χ4v) is 1.90. The van der Waals surface area contributed by atoms with Crippen molar-refractivity contribution in [1.82, 2.24) is 0 Å². The van der Waals surface area contributed by atoms with Crippen molar-refractivity contribution in [3.63, 3.8) is 0 Å². The lowest BCUT2D eigenvalue weighted by molar-refractivity contribution is -0.118. The minimum Gasteiger partial charge on any atom is -0.300 e. The lowest BCUT2D eigenvalue weighted by Gasteiger charge is -2.06. The van der Waals surface area contributed by atoms with E-state index in [9.17, 15) is 13.2 Å². The van der Waals surface area contributed by atoms with Gasteiger partial charge in [0.25, 0.3) is 0 Å². The molecule has 0 aliphatic heterocycles. The highest BCUT2D eigenvalue weighted by atomic mass is 32.2. The van der Waals surface area contributed by atoms with Gasteiger partial charge in [-0.15, -0.1) is 0 Å². The molecule has 0 radical (unpaired) electrons. The molecule has 4 heteroatoms. The molecule has 0 rings (SSSR count). The van der Waals surface area contributed by atoms with E-state index in [1.807, 2.05) is 0 Å². The molecule has 3 nitrogen and oxygen atoms in total. The first-order chi connectivity index (χ1) is 5.90. The van der Waals surface area contributed by atoms with Crippen molar-refractivity contribution in [2.75, 3.05) is 5.75 Å². The fraction of sp³-hybridized carbons (Fsp3) is 0.889. The molecule has 13 heavy (non-hydrogen) atoms. The summed E-state index contributed by atoms with van der Waals surface area (Å²) < 4.78 is 22.6. The maximum atomic E-state index is 11.3. The summed E-state index contributed by atoms with van der Waals surface area (Å²) in [5.41, 5.74) is 0. The summed E-state index contributed by atoms with van der Waals surface area (Å²) in [5, 5.41) is -0.329. The van der Waals surface area contributed by atoms with Crippen molar-refractivity contribution in [2.24, 2.45) is 0 Å². The van der Waals surface area contributed by atoms with Gasteiger partial charge in [0.05, 0.1) is 11.0 Å². The van der Waals surface area contributed by atoms with Gasteiger partial charge in [-0.3, -0.25) is 4.79 Å². The molecule has 0 aliphatic rings. The zero-order chi connectivity index (χ0) is 10.5. The number of ketones is 1. The van der Waals surface area contributed by atoms with Crippen LogP contribution < -0.4 is 0 Å². The van der Waals surface area contributed by atoms with Crippen LogP contribution in [-0.4, -0.2) is 25.2 Å². The first kappa shape index (κ1) is 12.6. The third kappa shape index (κ3) is 5.03. The molecule has 0 fully saturated rings. The molecule has 0 spiro atoms. The molecule has 0 aromatic heterocycles. The zero-order valence-electron chi connectivity index (χ0n) is 8.54. The predicted molar refractivity (Wildman–Crippen MR) is 53.5 cm³/mol. The fourth-order valence-electron chi connectivity index (χ4n) is 0.883. The van der Waals surface area contributed by atoms with Crippen LogP contribution in [0.15, 0.2) is 0 Å². The summed E-state index contributed by atoms with van der Waals surface area (Å²) >= 11 is 0. The Morgan fingerprint density at radius 3 is 2.23 bits per heavy atom. The summed E-state index contributed by atoms with van der Waals surface area (Å²) in [4.78, 5) is 10.9. The average Bonchev–Trinajstić information content (AvgIpc) is 2.03. The molecule has 78 valence electrons. The van der Waals surface area contributed by atoms with Gasteiger partial charge in [0, 0.05) is 12.8 Å². The predicted octanol–water partition coefficient (Wildman–Crippen LogP) is 1.57. The van der Waals surface area contributed by atoms with E-state index >= 15 is 0 Å². The van der Waals surface area contributed by atoms with Gasteiger partial charge < -0.3 is 0 Å². The van der Waals surface area contributed by atoms with Crippen molar-refractivity contribution in [3.05, 3.63) is 0 Å². The molecule has 0 aromatic rings. The Morgan fingerprint density at radius 1 is 1.31 bits per heavy atom. The molecular weight excluding hydrogens is 188 g/mol. The van der Waals surface area contributed by atoms with E-state index in [0.29, 0.717) is 19.3 Å². The van der Waals surface area contributed by atoms with E-state index in [4.69, 9.17) is 0 Å². The van der Waals surface area contributed by atoms with Crippen LogP contribution in [-0.2, 0) is 14.6 Å². The largest absolute Gasteiger partial charge is 0.300 e. The molecular formula is C9H18O3S. The third-order valence-corrected chi connectivity index (χ3v) is 4.29. The quantitative estimate of drug-likeness (QED) is 0.663. The Bertz CT molecular complexity index is 252. The number of Topliss-reactive ketones (excluding diaryl/α,β-unsaturated/α-hetero) is 1. The lowest BCUT2D eigenvalue weighted by atomic mass is 10.2. The maximum absolute atomic E-state index is 11.3. The number of sulfone groups is 1. The Morgan fingerprint density at radius 2 is 1.85 bits per heavy atom. The summed E-state index contributed by atoms with van der Waals surface area (Å²) in [5.74, 6) is 0.273. The lowest BCUT2D eigenvalue weighted by Crippen LogP contribution is -2.18. The summed E-state index contributed by atoms with van der Waals surface area (Å²) in [6.45, 7) is 5.12. The van der Waals surface area contributed by atoms with Crippen LogP contribution in [0.1, 0.15) is 40.0 Å². The minimum absolute atomic E-state index is 0.135. The van der Waals surface area contributed by atoms with E-state index in [2.05, 4.69) is 0 Å². The van der Waals surface area contributed by atoms with Gasteiger partial charge in [-0.25, -0.2) is 8.42 Å². The highest BCUT2D eigenvalue weighted by molar-refractivity contribution is 7.91. The van der Waals surface area contributed by atoms with E-state index < -0.39 is 9.84 Å². The highest BCUT2D eigenvalue weighted by Gasteiger charge is 2.15. The first-order valence-electron chi connectivity index (χ1n) is 4.63. The number of hydrogen-bond acceptors (Lipinski definition) is 3. The summed E-state index contributed by atoms with van der Waals surface area (Å²) in [6.07, 6.45) is 1.36. The summed E-state index contributed by atoms with van der Waals surface area (Å²) in [6, 6.07) is 0. The molecule has 0 N–H and O–H groups in total. The molecule has 0 bridgehead atoms. The first-order valence-corrected chi connectivity index (χ1v) is 6.35. The van der Waals surface area contributed by atoms with Crippen LogP contribution in [0.5, 0.6) is 0 Å². The van der Waals surface area contributed by atoms with Crippen molar-refractivity contribution in [2.45, 2.75) is 45.3 Å². The van der Waals surface area contributed by atoms with Gasteiger partial charge in [0.15, 0.2) is 9.84 Å². The molecule has 0 atom stereocenters. The van der Waals surface area contributed by atoms with Crippen molar-refractivity contribution in [3.8, 4) is 0 Å². The molecule has 0 saturated carbocycles. The normalized spacial score (nSPS) is 12.0. The number of hydrogen-bond donors (Lipinski definition) is 0. The Hall–Kier alpha value is -0.380. The topological polar surface area (TPSA) is 51.2 Å². The van der Waals surface area contributed by atoms with Gasteiger partial charge in [0.1, 0.15) is 5.78 Å².